The summed E-state index contributed by atoms with van der Waals surface area (Å²) in [6.07, 6.45) is 1.45. The minimum Gasteiger partial charge on any atom is -0.422 e. The maximum Gasteiger partial charge on any atom is 0.343 e. The number of carbonyl (C=O) groups excluding carboxylic acids is 2. The molecule has 200 valence electrons. The fourth-order valence-electron chi connectivity index (χ4n) is 4.80. The third-order valence-corrected chi connectivity index (χ3v) is 7.18. The van der Waals surface area contributed by atoms with E-state index in [4.69, 9.17) is 16.3 Å². The van der Waals surface area contributed by atoms with Gasteiger partial charge in [-0.1, -0.05) is 96.0 Å². The van der Waals surface area contributed by atoms with Crippen LogP contribution in [-0.4, -0.2) is 23.1 Å². The van der Waals surface area contributed by atoms with Gasteiger partial charge in [-0.05, 0) is 42.6 Å². The first-order valence-corrected chi connectivity index (χ1v) is 13.4. The van der Waals surface area contributed by atoms with Crippen molar-refractivity contribution in [2.75, 3.05) is 0 Å². The number of halogens is 1. The van der Waals surface area contributed by atoms with Gasteiger partial charge >= 0.3 is 5.97 Å². The average molecular weight is 558 g/mol. The molecule has 0 fully saturated rings. The molecule has 0 aliphatic carbocycles. The molecule has 1 heterocycles. The molecule has 6 rings (SSSR count). The number of aromatic amines is 1. The fraction of sp³-hybridized carbons (Fsp3) is 0.0294. The van der Waals surface area contributed by atoms with E-state index in [9.17, 15) is 9.59 Å². The Hall–Kier alpha value is -5.20. The zero-order valence-corrected chi connectivity index (χ0v) is 22.8. The number of rotatable bonds is 6. The second kappa shape index (κ2) is 11.1. The Kier molecular flexibility index (Phi) is 7.06. The summed E-state index contributed by atoms with van der Waals surface area (Å²) in [7, 11) is 0. The monoisotopic (exact) mass is 557 g/mol. The predicted molar refractivity (Wildman–Crippen MR) is 164 cm³/mol. The molecule has 0 unspecified atom stereocenters. The van der Waals surface area contributed by atoms with Crippen LogP contribution in [0.1, 0.15) is 32.0 Å². The first-order valence-electron chi connectivity index (χ1n) is 13.0. The molecule has 2 N–H and O–H groups in total. The lowest BCUT2D eigenvalue weighted by Crippen LogP contribution is -2.19. The third-order valence-electron chi connectivity index (χ3n) is 6.85. The van der Waals surface area contributed by atoms with Crippen LogP contribution in [0.2, 0.25) is 5.02 Å². The molecule has 0 atom stereocenters. The molecule has 0 radical (unpaired) electrons. The highest BCUT2D eigenvalue weighted by Crippen LogP contribution is 2.39. The zero-order valence-electron chi connectivity index (χ0n) is 22.0. The van der Waals surface area contributed by atoms with Crippen molar-refractivity contribution in [3.8, 4) is 16.9 Å². The van der Waals surface area contributed by atoms with E-state index in [-0.39, 0.29) is 0 Å². The zero-order chi connectivity index (χ0) is 28.3. The molecule has 6 nitrogen and oxygen atoms in total. The van der Waals surface area contributed by atoms with E-state index in [0.717, 1.165) is 32.8 Å². The molecule has 0 saturated heterocycles. The number of carbonyl (C=O) groups is 2. The number of benzene rings is 5. The maximum absolute atomic E-state index is 13.5. The van der Waals surface area contributed by atoms with Gasteiger partial charge < -0.3 is 9.72 Å². The number of hydrogen-bond acceptors (Lipinski definition) is 4. The number of amides is 1. The highest BCUT2D eigenvalue weighted by atomic mass is 35.5. The smallest absolute Gasteiger partial charge is 0.343 e. The largest absolute Gasteiger partial charge is 0.422 e. The van der Waals surface area contributed by atoms with Crippen LogP contribution >= 0.6 is 11.6 Å². The van der Waals surface area contributed by atoms with Gasteiger partial charge in [-0.25, -0.2) is 10.2 Å². The summed E-state index contributed by atoms with van der Waals surface area (Å²) in [5, 5.41) is 7.64. The number of ether oxygens (including phenoxy) is 1. The summed E-state index contributed by atoms with van der Waals surface area (Å²) in [5.41, 5.74) is 7.23. The number of para-hydroxylation sites is 1. The number of nitrogens with one attached hydrogen (secondary N) is 2. The van der Waals surface area contributed by atoms with Crippen molar-refractivity contribution in [2.24, 2.45) is 5.10 Å². The van der Waals surface area contributed by atoms with Crippen LogP contribution in [0.3, 0.4) is 0 Å². The molecule has 0 aliphatic rings. The van der Waals surface area contributed by atoms with Crippen LogP contribution in [0.15, 0.2) is 114 Å². The number of H-pyrrole nitrogens is 1. The molecule has 0 saturated carbocycles. The second-order valence-corrected chi connectivity index (χ2v) is 9.96. The Morgan fingerprint density at radius 3 is 2.39 bits per heavy atom. The lowest BCUT2D eigenvalue weighted by molar-refractivity contribution is 0.0734. The summed E-state index contributed by atoms with van der Waals surface area (Å²) in [6.45, 7) is 1.95. The van der Waals surface area contributed by atoms with E-state index in [1.54, 1.807) is 42.5 Å². The lowest BCUT2D eigenvalue weighted by Gasteiger charge is -2.08. The third kappa shape index (κ3) is 5.21. The summed E-state index contributed by atoms with van der Waals surface area (Å²) >= 11 is 6.59. The first-order chi connectivity index (χ1) is 20.0. The molecule has 1 amide bonds. The predicted octanol–water partition coefficient (Wildman–Crippen LogP) is 7.93. The van der Waals surface area contributed by atoms with Crippen molar-refractivity contribution in [1.82, 2.24) is 10.4 Å². The Morgan fingerprint density at radius 2 is 1.56 bits per heavy atom. The molecular weight excluding hydrogens is 534 g/mol. The normalized spacial score (nSPS) is 11.3. The second-order valence-electron chi connectivity index (χ2n) is 9.56. The van der Waals surface area contributed by atoms with Crippen LogP contribution < -0.4 is 10.2 Å². The van der Waals surface area contributed by atoms with E-state index in [2.05, 4.69) is 15.5 Å². The molecule has 0 aliphatic heterocycles. The Balaban J connectivity index is 1.31. The van der Waals surface area contributed by atoms with Gasteiger partial charge in [0.15, 0.2) is 0 Å². The Bertz CT molecular complexity index is 1960. The molecule has 41 heavy (non-hydrogen) atoms. The summed E-state index contributed by atoms with van der Waals surface area (Å²) < 4.78 is 5.62. The molecule has 5 aromatic carbocycles. The topological polar surface area (TPSA) is 83.5 Å². The van der Waals surface area contributed by atoms with Gasteiger partial charge in [0.1, 0.15) is 11.4 Å². The number of fused-ring (bicyclic) bond motifs is 3. The first kappa shape index (κ1) is 26.0. The van der Waals surface area contributed by atoms with Gasteiger partial charge in [0.05, 0.1) is 17.3 Å². The number of nitrogens with zero attached hydrogens (tertiary/aromatic N) is 1. The van der Waals surface area contributed by atoms with E-state index in [1.807, 2.05) is 73.7 Å². The van der Waals surface area contributed by atoms with Crippen LogP contribution in [0.4, 0.5) is 0 Å². The molecule has 0 spiro atoms. The number of aromatic nitrogens is 1. The summed E-state index contributed by atoms with van der Waals surface area (Å²) in [5.74, 6) is -0.597. The number of aryl methyl sites for hydroxylation is 1. The number of esters is 1. The van der Waals surface area contributed by atoms with Crippen molar-refractivity contribution in [1.29, 1.82) is 0 Å². The van der Waals surface area contributed by atoms with E-state index in [1.165, 1.54) is 6.21 Å². The van der Waals surface area contributed by atoms with Crippen molar-refractivity contribution >= 4 is 51.4 Å². The number of hydrogen-bond donors (Lipinski definition) is 2. The van der Waals surface area contributed by atoms with Crippen LogP contribution in [-0.2, 0) is 0 Å². The quantitative estimate of drug-likeness (QED) is 0.0943. The molecular formula is C34H24ClN3O3. The Labute approximate surface area is 241 Å². The van der Waals surface area contributed by atoms with Gasteiger partial charge in [0.25, 0.3) is 5.91 Å². The van der Waals surface area contributed by atoms with Gasteiger partial charge in [0, 0.05) is 32.5 Å². The van der Waals surface area contributed by atoms with Crippen LogP contribution in [0.5, 0.6) is 5.75 Å². The van der Waals surface area contributed by atoms with E-state index in [0.29, 0.717) is 33.2 Å². The highest BCUT2D eigenvalue weighted by molar-refractivity contribution is 6.34. The van der Waals surface area contributed by atoms with Crippen molar-refractivity contribution in [3.63, 3.8) is 0 Å². The highest BCUT2D eigenvalue weighted by Gasteiger charge is 2.22. The fourth-order valence-corrected chi connectivity index (χ4v) is 5.03. The minimum absolute atomic E-state index is 0.324. The molecule has 0 bridgehead atoms. The van der Waals surface area contributed by atoms with Gasteiger partial charge in [0.2, 0.25) is 0 Å². The summed E-state index contributed by atoms with van der Waals surface area (Å²) in [4.78, 5) is 29.5. The van der Waals surface area contributed by atoms with Crippen LogP contribution in [0, 0.1) is 6.92 Å². The molecule has 7 heteroatoms. The molecule has 6 aromatic rings. The van der Waals surface area contributed by atoms with Gasteiger partial charge in [-0.2, -0.15) is 5.10 Å². The average Bonchev–Trinajstić information content (AvgIpc) is 3.39. The standard InChI is InChI=1S/C34H24ClN3O3/c1-21-14-16-23(17-15-21)34(40)41-29-13-7-3-9-24(29)20-36-38-33(39)32-30(26-11-5-6-12-28(26)35)27-19-18-22-8-2-4-10-25(22)31(27)37-32/h2-20,37H,1H3,(H,38,39). The SMILES string of the molecule is Cc1ccc(C(=O)Oc2ccccc2C=NNC(=O)c2[nH]c3c(ccc4ccccc43)c2-c2ccccc2Cl)cc1. The van der Waals surface area contributed by atoms with Gasteiger partial charge in [-0.15, -0.1) is 0 Å². The van der Waals surface area contributed by atoms with Crippen LogP contribution in [0.25, 0.3) is 32.8 Å². The van der Waals surface area contributed by atoms with Crippen molar-refractivity contribution in [3.05, 3.63) is 137 Å². The van der Waals surface area contributed by atoms with Crippen molar-refractivity contribution < 1.29 is 14.3 Å². The molecule has 1 aromatic heterocycles. The number of hydrazone groups is 1. The van der Waals surface area contributed by atoms with Crippen molar-refractivity contribution in [2.45, 2.75) is 6.92 Å². The maximum atomic E-state index is 13.5. The van der Waals surface area contributed by atoms with E-state index < -0.39 is 11.9 Å². The summed E-state index contributed by atoms with van der Waals surface area (Å²) in [6, 6.07) is 33.5. The minimum atomic E-state index is -0.482. The van der Waals surface area contributed by atoms with Gasteiger partial charge in [-0.3, -0.25) is 4.79 Å². The lowest BCUT2D eigenvalue weighted by atomic mass is 9.99. The van der Waals surface area contributed by atoms with E-state index >= 15 is 0 Å². The Morgan fingerprint density at radius 1 is 0.829 bits per heavy atom.